The summed E-state index contributed by atoms with van der Waals surface area (Å²) in [6.07, 6.45) is 18.5. The number of carbonyl (C=O) groups is 1. The molecule has 1 heterocycles. The summed E-state index contributed by atoms with van der Waals surface area (Å²) in [5, 5.41) is 6.26. The molecular formula is C32H45ClN2O2S. The number of hydrogen-bond donors (Lipinski definition) is 1. The number of nitrogens with zero attached hydrogens (tertiary/aromatic N) is 1. The maximum atomic E-state index is 12.7. The van der Waals surface area contributed by atoms with Crippen molar-refractivity contribution in [3.63, 3.8) is 0 Å². The zero-order valence-corrected chi connectivity index (χ0v) is 24.8. The molecule has 0 atom stereocenters. The molecule has 3 aromatic rings. The Labute approximate surface area is 240 Å². The second-order valence-electron chi connectivity index (χ2n) is 9.97. The van der Waals surface area contributed by atoms with E-state index in [9.17, 15) is 4.79 Å². The Morgan fingerprint density at radius 1 is 0.842 bits per heavy atom. The van der Waals surface area contributed by atoms with Crippen LogP contribution < -0.4 is 27.0 Å². The van der Waals surface area contributed by atoms with Crippen molar-refractivity contribution in [2.45, 2.75) is 90.4 Å². The van der Waals surface area contributed by atoms with Gasteiger partial charge in [-0.3, -0.25) is 4.79 Å². The van der Waals surface area contributed by atoms with E-state index in [4.69, 9.17) is 4.74 Å². The van der Waals surface area contributed by atoms with Crippen molar-refractivity contribution < 1.29 is 26.5 Å². The average molecular weight is 557 g/mol. The minimum absolute atomic E-state index is 0. The van der Waals surface area contributed by atoms with Gasteiger partial charge in [-0.2, -0.15) is 4.57 Å². The van der Waals surface area contributed by atoms with Gasteiger partial charge >= 0.3 is 0 Å². The van der Waals surface area contributed by atoms with Crippen molar-refractivity contribution in [1.82, 2.24) is 0 Å². The fourth-order valence-corrected chi connectivity index (χ4v) is 5.49. The largest absolute Gasteiger partial charge is 1.00 e. The van der Waals surface area contributed by atoms with Crippen LogP contribution in [0.15, 0.2) is 60.1 Å². The Kier molecular flexibility index (Phi) is 15.8. The molecule has 0 saturated heterocycles. The second-order valence-corrected chi connectivity index (χ2v) is 10.9. The lowest BCUT2D eigenvalue weighted by Gasteiger charge is -2.10. The summed E-state index contributed by atoms with van der Waals surface area (Å²) in [7, 11) is 2.02. The summed E-state index contributed by atoms with van der Waals surface area (Å²) < 4.78 is 8.00. The van der Waals surface area contributed by atoms with Gasteiger partial charge in [0, 0.05) is 0 Å². The van der Waals surface area contributed by atoms with Crippen LogP contribution in [-0.2, 0) is 18.3 Å². The summed E-state index contributed by atoms with van der Waals surface area (Å²) in [4.78, 5) is 12.7. The first-order valence-corrected chi connectivity index (χ1v) is 15.1. The van der Waals surface area contributed by atoms with Crippen molar-refractivity contribution in [3.05, 3.63) is 65.7 Å². The molecule has 4 nitrogen and oxygen atoms in total. The second kappa shape index (κ2) is 18.8. The maximum Gasteiger partial charge on any atom is 0.270 e. The van der Waals surface area contributed by atoms with E-state index in [2.05, 4.69) is 22.2 Å². The van der Waals surface area contributed by atoms with Gasteiger partial charge < -0.3 is 22.5 Å². The Morgan fingerprint density at radius 3 is 2.05 bits per heavy atom. The molecule has 38 heavy (non-hydrogen) atoms. The number of para-hydroxylation sites is 1. The van der Waals surface area contributed by atoms with Crippen LogP contribution >= 0.6 is 11.3 Å². The van der Waals surface area contributed by atoms with Gasteiger partial charge in [0.1, 0.15) is 12.8 Å². The number of nitrogens with one attached hydrogen (secondary N) is 1. The number of unbranched alkanes of at least 4 members (excludes halogenated alkanes) is 11. The molecule has 0 saturated carbocycles. The van der Waals surface area contributed by atoms with E-state index in [0.29, 0.717) is 6.42 Å². The van der Waals surface area contributed by atoms with Crippen molar-refractivity contribution in [3.8, 4) is 16.3 Å². The molecule has 0 fully saturated rings. The normalized spacial score (nSPS) is 10.7. The predicted octanol–water partition coefficient (Wildman–Crippen LogP) is 5.50. The highest BCUT2D eigenvalue weighted by Gasteiger charge is 2.16. The van der Waals surface area contributed by atoms with Crippen LogP contribution in [0.25, 0.3) is 10.6 Å². The molecule has 0 radical (unpaired) electrons. The highest BCUT2D eigenvalue weighted by atomic mass is 35.5. The fourth-order valence-electron chi connectivity index (χ4n) is 4.59. The minimum Gasteiger partial charge on any atom is -1.00 e. The fraction of sp³-hybridized carbons (Fsp3) is 0.500. The highest BCUT2D eigenvalue weighted by Crippen LogP contribution is 2.28. The minimum atomic E-state index is -0.0168. The Hall–Kier alpha value is -2.37. The molecule has 0 unspecified atom stereocenters. The molecule has 1 N–H and O–H groups in total. The number of benzene rings is 2. The first-order chi connectivity index (χ1) is 18.2. The Morgan fingerprint density at radius 2 is 1.45 bits per heavy atom. The van der Waals surface area contributed by atoms with Crippen LogP contribution in [-0.4, -0.2) is 12.5 Å². The van der Waals surface area contributed by atoms with Gasteiger partial charge in [-0.15, -0.1) is 0 Å². The monoisotopic (exact) mass is 556 g/mol. The van der Waals surface area contributed by atoms with Crippen molar-refractivity contribution in [2.24, 2.45) is 7.05 Å². The topological polar surface area (TPSA) is 42.2 Å². The number of rotatable bonds is 18. The lowest BCUT2D eigenvalue weighted by molar-refractivity contribution is -0.655. The summed E-state index contributed by atoms with van der Waals surface area (Å²) in [6.45, 7) is 3.03. The average Bonchev–Trinajstić information content (AvgIpc) is 3.33. The molecule has 0 aliphatic carbocycles. The van der Waals surface area contributed by atoms with Crippen molar-refractivity contribution in [1.29, 1.82) is 0 Å². The maximum absolute atomic E-state index is 12.7. The summed E-state index contributed by atoms with van der Waals surface area (Å²) >= 11 is 1.66. The Bertz CT molecular complexity index is 1050. The first kappa shape index (κ1) is 31.8. The van der Waals surface area contributed by atoms with Gasteiger partial charge in [-0.1, -0.05) is 113 Å². The third kappa shape index (κ3) is 11.6. The van der Waals surface area contributed by atoms with E-state index < -0.39 is 0 Å². The summed E-state index contributed by atoms with van der Waals surface area (Å²) in [6, 6.07) is 15.9. The summed E-state index contributed by atoms with van der Waals surface area (Å²) in [5.41, 5.74) is 2.86. The molecule has 208 valence electrons. The molecular weight excluding hydrogens is 512 g/mol. The number of hydrogen-bond acceptors (Lipinski definition) is 3. The number of carbonyl (C=O) groups excluding carboxylic acids is 1. The van der Waals surface area contributed by atoms with E-state index >= 15 is 0 Å². The molecule has 1 amide bonds. The number of thiazole rings is 1. The number of amides is 1. The van der Waals surface area contributed by atoms with Crippen LogP contribution in [0.5, 0.6) is 5.75 Å². The third-order valence-electron chi connectivity index (χ3n) is 6.77. The SMILES string of the molecule is CCCCCCCCCCCCCCOc1ccc(CC(=O)Nc2ccccc2-c2scc[n+]2C)cc1.[Cl-]. The zero-order chi connectivity index (χ0) is 26.1. The van der Waals surface area contributed by atoms with Gasteiger partial charge in [0.05, 0.1) is 29.7 Å². The van der Waals surface area contributed by atoms with E-state index in [-0.39, 0.29) is 18.3 Å². The van der Waals surface area contributed by atoms with Crippen molar-refractivity contribution in [2.75, 3.05) is 11.9 Å². The summed E-state index contributed by atoms with van der Waals surface area (Å²) in [5.74, 6) is 0.861. The zero-order valence-electron chi connectivity index (χ0n) is 23.2. The van der Waals surface area contributed by atoms with Crippen LogP contribution in [0, 0.1) is 0 Å². The van der Waals surface area contributed by atoms with Gasteiger partial charge in [-0.25, -0.2) is 0 Å². The van der Waals surface area contributed by atoms with E-state index in [1.54, 1.807) is 11.3 Å². The molecule has 0 aliphatic rings. The predicted molar refractivity (Wildman–Crippen MR) is 156 cm³/mol. The van der Waals surface area contributed by atoms with Crippen LogP contribution in [0.4, 0.5) is 5.69 Å². The molecule has 3 rings (SSSR count). The van der Waals surface area contributed by atoms with Crippen LogP contribution in [0.3, 0.4) is 0 Å². The van der Waals surface area contributed by atoms with Crippen LogP contribution in [0.1, 0.15) is 89.5 Å². The number of halogens is 1. The molecule has 6 heteroatoms. The standard InChI is InChI=1S/C32H44N2O2S.ClH/c1-3-4-5-6-7-8-9-10-11-12-13-16-24-36-28-21-19-27(20-22-28)26-31(35)33-30-18-15-14-17-29(30)32-34(2)23-25-37-32;/h14-15,17-23,25H,3-13,16,24,26H2,1-2H3;1H. The molecule has 0 bridgehead atoms. The first-order valence-electron chi connectivity index (χ1n) is 14.2. The number of anilines is 1. The molecule has 1 aromatic heterocycles. The molecule has 2 aromatic carbocycles. The van der Waals surface area contributed by atoms with E-state index in [0.717, 1.165) is 40.6 Å². The lowest BCUT2D eigenvalue weighted by Crippen LogP contribution is -3.00. The lowest BCUT2D eigenvalue weighted by atomic mass is 10.1. The Balaban J connectivity index is 0.00000507. The third-order valence-corrected chi connectivity index (χ3v) is 7.76. The van der Waals surface area contributed by atoms with Gasteiger partial charge in [0.15, 0.2) is 6.20 Å². The van der Waals surface area contributed by atoms with E-state index in [1.807, 2.05) is 61.8 Å². The van der Waals surface area contributed by atoms with E-state index in [1.165, 1.54) is 70.6 Å². The highest BCUT2D eigenvalue weighted by molar-refractivity contribution is 7.12. The number of ether oxygens (including phenoxy) is 1. The van der Waals surface area contributed by atoms with Crippen LogP contribution in [0.2, 0.25) is 0 Å². The van der Waals surface area contributed by atoms with Crippen molar-refractivity contribution >= 4 is 22.9 Å². The number of aromatic nitrogens is 1. The van der Waals surface area contributed by atoms with Gasteiger partial charge in [-0.05, 0) is 36.2 Å². The molecule has 0 spiro atoms. The molecule has 0 aliphatic heterocycles. The van der Waals surface area contributed by atoms with Gasteiger partial charge in [0.2, 0.25) is 5.91 Å². The van der Waals surface area contributed by atoms with Gasteiger partial charge in [0.25, 0.3) is 5.01 Å². The quantitative estimate of drug-likeness (QED) is 0.166. The smallest absolute Gasteiger partial charge is 0.270 e. The number of aryl methyl sites for hydroxylation is 1.